The normalized spacial score (nSPS) is 12.1. The van der Waals surface area contributed by atoms with Crippen LogP contribution < -0.4 is 10.5 Å². The maximum Gasteiger partial charge on any atom is 0.260 e. The number of methoxy groups -OCH3 is 1. The lowest BCUT2D eigenvalue weighted by Gasteiger charge is -2.14. The molecule has 82 valence electrons. The van der Waals surface area contributed by atoms with Crippen LogP contribution in [0.1, 0.15) is 0 Å². The number of carbonyl (C=O) groups is 1. The average molecular weight is 274 g/mol. The molecule has 4 nitrogen and oxygen atoms in total. The third-order valence-corrected chi connectivity index (χ3v) is 2.26. The van der Waals surface area contributed by atoms with Crippen LogP contribution in [0.5, 0.6) is 5.75 Å². The van der Waals surface area contributed by atoms with Crippen LogP contribution in [-0.4, -0.2) is 25.7 Å². The summed E-state index contributed by atoms with van der Waals surface area (Å²) in [5, 5.41) is 0. The van der Waals surface area contributed by atoms with E-state index in [0.29, 0.717) is 5.75 Å². The van der Waals surface area contributed by atoms with Crippen LogP contribution in [-0.2, 0) is 9.53 Å². The van der Waals surface area contributed by atoms with E-state index in [-0.39, 0.29) is 6.61 Å². The number of carbonyl (C=O) groups excluding carboxylic acids is 1. The summed E-state index contributed by atoms with van der Waals surface area (Å²) in [5.74, 6) is 0.0406. The van der Waals surface area contributed by atoms with E-state index in [0.717, 1.165) is 4.47 Å². The van der Waals surface area contributed by atoms with Gasteiger partial charge in [0.05, 0.1) is 6.61 Å². The third-order valence-electron chi connectivity index (χ3n) is 1.73. The number of halogens is 1. The van der Waals surface area contributed by atoms with Crippen LogP contribution in [0.2, 0.25) is 0 Å². The molecule has 0 aliphatic rings. The second-order valence-electron chi connectivity index (χ2n) is 2.92. The summed E-state index contributed by atoms with van der Waals surface area (Å²) < 4.78 is 11.1. The lowest BCUT2D eigenvalue weighted by atomic mass is 10.3. The second kappa shape index (κ2) is 5.72. The van der Waals surface area contributed by atoms with E-state index in [2.05, 4.69) is 15.9 Å². The van der Waals surface area contributed by atoms with Crippen LogP contribution >= 0.6 is 15.9 Å². The summed E-state index contributed by atoms with van der Waals surface area (Å²) in [4.78, 5) is 11.0. The Kier molecular flexibility index (Phi) is 4.58. The van der Waals surface area contributed by atoms with Gasteiger partial charge in [0.1, 0.15) is 5.75 Å². The Bertz CT molecular complexity index is 326. The molecule has 0 saturated carbocycles. The van der Waals surface area contributed by atoms with E-state index in [1.165, 1.54) is 7.11 Å². The van der Waals surface area contributed by atoms with Crippen LogP contribution in [0.4, 0.5) is 0 Å². The summed E-state index contributed by atoms with van der Waals surface area (Å²) in [5.41, 5.74) is 5.15. The van der Waals surface area contributed by atoms with E-state index in [1.807, 2.05) is 12.1 Å². The van der Waals surface area contributed by atoms with Gasteiger partial charge in [-0.25, -0.2) is 0 Å². The molecule has 0 aliphatic carbocycles. The Morgan fingerprint density at radius 3 is 2.53 bits per heavy atom. The zero-order chi connectivity index (χ0) is 11.3. The van der Waals surface area contributed by atoms with Gasteiger partial charge in [-0.15, -0.1) is 0 Å². The Hall–Kier alpha value is -1.07. The standard InChI is InChI=1S/C10H12BrNO3/c1-14-6-9(10(12)13)15-8-4-2-7(11)3-5-8/h2-5,9H,6H2,1H3,(H2,12,13). The molecule has 1 unspecified atom stereocenters. The minimum absolute atomic E-state index is 0.144. The van der Waals surface area contributed by atoms with Gasteiger partial charge < -0.3 is 15.2 Å². The topological polar surface area (TPSA) is 61.6 Å². The first-order valence-electron chi connectivity index (χ1n) is 4.34. The molecule has 0 heterocycles. The van der Waals surface area contributed by atoms with Crippen molar-refractivity contribution in [1.29, 1.82) is 0 Å². The first kappa shape index (κ1) is 12.0. The van der Waals surface area contributed by atoms with Crippen molar-refractivity contribution in [2.75, 3.05) is 13.7 Å². The van der Waals surface area contributed by atoms with E-state index in [4.69, 9.17) is 15.2 Å². The SMILES string of the molecule is COCC(Oc1ccc(Br)cc1)C(N)=O. The van der Waals surface area contributed by atoms with Crippen molar-refractivity contribution in [2.24, 2.45) is 5.73 Å². The number of nitrogens with two attached hydrogens (primary N) is 1. The van der Waals surface area contributed by atoms with E-state index >= 15 is 0 Å². The van der Waals surface area contributed by atoms with Crippen molar-refractivity contribution in [1.82, 2.24) is 0 Å². The Morgan fingerprint density at radius 2 is 2.07 bits per heavy atom. The quantitative estimate of drug-likeness (QED) is 0.881. The summed E-state index contributed by atoms with van der Waals surface area (Å²) >= 11 is 3.30. The first-order chi connectivity index (χ1) is 7.13. The molecule has 1 aromatic carbocycles. The summed E-state index contributed by atoms with van der Waals surface area (Å²) in [6.07, 6.45) is -0.754. The lowest BCUT2D eigenvalue weighted by Crippen LogP contribution is -2.37. The molecule has 0 spiro atoms. The van der Waals surface area contributed by atoms with Crippen molar-refractivity contribution >= 4 is 21.8 Å². The maximum atomic E-state index is 11.0. The van der Waals surface area contributed by atoms with Gasteiger partial charge in [0.2, 0.25) is 0 Å². The van der Waals surface area contributed by atoms with Gasteiger partial charge in [-0.05, 0) is 24.3 Å². The molecule has 0 bridgehead atoms. The van der Waals surface area contributed by atoms with Crippen molar-refractivity contribution < 1.29 is 14.3 Å². The van der Waals surface area contributed by atoms with Gasteiger partial charge in [-0.3, -0.25) is 4.79 Å². The monoisotopic (exact) mass is 273 g/mol. The number of primary amides is 1. The molecule has 2 N–H and O–H groups in total. The molecule has 1 aromatic rings. The highest BCUT2D eigenvalue weighted by molar-refractivity contribution is 9.10. The molecular formula is C10H12BrNO3. The number of benzene rings is 1. The number of hydrogen-bond donors (Lipinski definition) is 1. The van der Waals surface area contributed by atoms with Gasteiger partial charge in [-0.1, -0.05) is 15.9 Å². The minimum atomic E-state index is -0.754. The molecule has 1 atom stereocenters. The molecule has 0 aromatic heterocycles. The van der Waals surface area contributed by atoms with Gasteiger partial charge in [0, 0.05) is 11.6 Å². The van der Waals surface area contributed by atoms with Gasteiger partial charge >= 0.3 is 0 Å². The maximum absolute atomic E-state index is 11.0. The smallest absolute Gasteiger partial charge is 0.260 e. The molecule has 1 amide bonds. The van der Waals surface area contributed by atoms with Gasteiger partial charge in [0.25, 0.3) is 5.91 Å². The molecule has 0 fully saturated rings. The van der Waals surface area contributed by atoms with E-state index < -0.39 is 12.0 Å². The molecule has 15 heavy (non-hydrogen) atoms. The van der Waals surface area contributed by atoms with Crippen molar-refractivity contribution in [3.8, 4) is 5.75 Å². The van der Waals surface area contributed by atoms with Gasteiger partial charge in [-0.2, -0.15) is 0 Å². The van der Waals surface area contributed by atoms with Crippen molar-refractivity contribution in [3.63, 3.8) is 0 Å². The van der Waals surface area contributed by atoms with Crippen LogP contribution in [0.15, 0.2) is 28.7 Å². The van der Waals surface area contributed by atoms with Crippen LogP contribution in [0.25, 0.3) is 0 Å². The Labute approximate surface area is 96.5 Å². The number of ether oxygens (including phenoxy) is 2. The zero-order valence-electron chi connectivity index (χ0n) is 8.27. The molecular weight excluding hydrogens is 262 g/mol. The zero-order valence-corrected chi connectivity index (χ0v) is 9.86. The number of rotatable bonds is 5. The van der Waals surface area contributed by atoms with Crippen LogP contribution in [0.3, 0.4) is 0 Å². The minimum Gasteiger partial charge on any atom is -0.478 e. The van der Waals surface area contributed by atoms with E-state index in [9.17, 15) is 4.79 Å². The molecule has 0 saturated heterocycles. The predicted octanol–water partition coefficient (Wildman–Crippen LogP) is 1.33. The van der Waals surface area contributed by atoms with Crippen LogP contribution in [0, 0.1) is 0 Å². The highest BCUT2D eigenvalue weighted by atomic mass is 79.9. The Balaban J connectivity index is 2.65. The summed E-state index contributed by atoms with van der Waals surface area (Å²) in [6, 6.07) is 7.13. The summed E-state index contributed by atoms with van der Waals surface area (Å²) in [7, 11) is 1.49. The largest absolute Gasteiger partial charge is 0.478 e. The van der Waals surface area contributed by atoms with Gasteiger partial charge in [0.15, 0.2) is 6.10 Å². The fourth-order valence-electron chi connectivity index (χ4n) is 1.00. The highest BCUT2D eigenvalue weighted by Gasteiger charge is 2.16. The fourth-order valence-corrected chi connectivity index (χ4v) is 1.27. The third kappa shape index (κ3) is 3.89. The fraction of sp³-hybridized carbons (Fsp3) is 0.300. The number of amides is 1. The Morgan fingerprint density at radius 1 is 1.47 bits per heavy atom. The summed E-state index contributed by atoms with van der Waals surface area (Å²) in [6.45, 7) is 0.144. The van der Waals surface area contributed by atoms with Crippen molar-refractivity contribution in [3.05, 3.63) is 28.7 Å². The van der Waals surface area contributed by atoms with E-state index in [1.54, 1.807) is 12.1 Å². The average Bonchev–Trinajstić information content (AvgIpc) is 2.20. The lowest BCUT2D eigenvalue weighted by molar-refractivity contribution is -0.126. The second-order valence-corrected chi connectivity index (χ2v) is 3.83. The molecule has 1 rings (SSSR count). The number of hydrogen-bond acceptors (Lipinski definition) is 3. The predicted molar refractivity (Wildman–Crippen MR) is 59.6 cm³/mol. The molecule has 0 radical (unpaired) electrons. The molecule has 5 heteroatoms. The molecule has 0 aliphatic heterocycles. The highest BCUT2D eigenvalue weighted by Crippen LogP contribution is 2.17. The van der Waals surface area contributed by atoms with Crippen molar-refractivity contribution in [2.45, 2.75) is 6.10 Å². The first-order valence-corrected chi connectivity index (χ1v) is 5.13.